The minimum absolute atomic E-state index is 0.128. The molecule has 0 heterocycles. The molecule has 0 amide bonds. The molecule has 0 aliphatic rings. The molecule has 0 aromatic heterocycles. The number of thioether (sulfide) groups is 1. The number of nitrogens with one attached hydrogen (secondary N) is 1. The zero-order valence-electron chi connectivity index (χ0n) is 10.3. The van der Waals surface area contributed by atoms with Crippen LogP contribution in [0.4, 0.5) is 0 Å². The largest absolute Gasteiger partial charge is 0.494 e. The van der Waals surface area contributed by atoms with Gasteiger partial charge in [0.05, 0.1) is 22.7 Å². The van der Waals surface area contributed by atoms with Crippen molar-refractivity contribution >= 4 is 40.1 Å². The monoisotopic (exact) mass is 307 g/mol. The van der Waals surface area contributed by atoms with Crippen LogP contribution in [0.25, 0.3) is 0 Å². The van der Waals surface area contributed by atoms with E-state index in [0.717, 1.165) is 13.1 Å². The first-order valence-electron chi connectivity index (χ1n) is 5.51. The van der Waals surface area contributed by atoms with E-state index in [1.165, 1.54) is 18.9 Å². The summed E-state index contributed by atoms with van der Waals surface area (Å²) in [4.78, 5) is 12.1. The summed E-state index contributed by atoms with van der Waals surface area (Å²) in [5.74, 6) is 1.02. The van der Waals surface area contributed by atoms with Gasteiger partial charge in [-0.3, -0.25) is 4.79 Å². The second-order valence-electron chi connectivity index (χ2n) is 3.43. The first-order chi connectivity index (χ1) is 8.61. The van der Waals surface area contributed by atoms with Gasteiger partial charge in [-0.1, -0.05) is 41.9 Å². The van der Waals surface area contributed by atoms with Crippen molar-refractivity contribution in [1.82, 2.24) is 5.32 Å². The van der Waals surface area contributed by atoms with Crippen LogP contribution in [-0.2, 0) is 0 Å². The van der Waals surface area contributed by atoms with E-state index in [2.05, 4.69) is 5.32 Å². The molecule has 0 bridgehead atoms. The lowest BCUT2D eigenvalue weighted by atomic mass is 10.2. The van der Waals surface area contributed by atoms with E-state index in [9.17, 15) is 4.79 Å². The number of carbonyl (C=O) groups excluding carboxylic acids is 1. The van der Waals surface area contributed by atoms with Gasteiger partial charge >= 0.3 is 0 Å². The molecular weight excluding hydrogens is 293 g/mol. The molecule has 3 nitrogen and oxygen atoms in total. The van der Waals surface area contributed by atoms with Crippen LogP contribution in [0.2, 0.25) is 10.0 Å². The number of ether oxygens (including phenoxy) is 1. The lowest BCUT2D eigenvalue weighted by Gasteiger charge is -2.10. The first kappa shape index (κ1) is 15.6. The molecule has 0 radical (unpaired) electrons. The summed E-state index contributed by atoms with van der Waals surface area (Å²) >= 11 is 13.2. The number of carbonyl (C=O) groups is 1. The average Bonchev–Trinajstić information content (AvgIpc) is 2.36. The van der Waals surface area contributed by atoms with E-state index >= 15 is 0 Å². The van der Waals surface area contributed by atoms with Crippen molar-refractivity contribution in [3.63, 3.8) is 0 Å². The van der Waals surface area contributed by atoms with Crippen molar-refractivity contribution in [2.75, 3.05) is 26.0 Å². The van der Waals surface area contributed by atoms with Crippen LogP contribution in [0.1, 0.15) is 17.3 Å². The third kappa shape index (κ3) is 4.05. The maximum absolute atomic E-state index is 12.1. The fourth-order valence-electron chi connectivity index (χ4n) is 1.39. The molecule has 18 heavy (non-hydrogen) atoms. The van der Waals surface area contributed by atoms with Gasteiger partial charge in [-0.15, -0.1) is 0 Å². The molecule has 1 N–H and O–H groups in total. The third-order valence-electron chi connectivity index (χ3n) is 2.23. The Labute approximate surface area is 121 Å². The molecule has 0 atom stereocenters. The van der Waals surface area contributed by atoms with Crippen molar-refractivity contribution in [3.8, 4) is 5.75 Å². The van der Waals surface area contributed by atoms with Gasteiger partial charge < -0.3 is 10.1 Å². The van der Waals surface area contributed by atoms with E-state index in [1.807, 2.05) is 6.92 Å². The maximum Gasteiger partial charge on any atom is 0.224 e. The summed E-state index contributed by atoms with van der Waals surface area (Å²) < 4.78 is 5.14. The van der Waals surface area contributed by atoms with Crippen molar-refractivity contribution < 1.29 is 9.53 Å². The normalized spacial score (nSPS) is 10.4. The second-order valence-corrected chi connectivity index (χ2v) is 5.31. The Morgan fingerprint density at radius 3 is 2.67 bits per heavy atom. The van der Waals surface area contributed by atoms with Gasteiger partial charge in [0, 0.05) is 12.3 Å². The number of benzene rings is 1. The zero-order valence-corrected chi connectivity index (χ0v) is 12.6. The van der Waals surface area contributed by atoms with Gasteiger partial charge in [-0.05, 0) is 18.7 Å². The molecule has 1 aromatic rings. The van der Waals surface area contributed by atoms with E-state index in [1.54, 1.807) is 12.1 Å². The molecule has 100 valence electrons. The molecule has 0 spiro atoms. The summed E-state index contributed by atoms with van der Waals surface area (Å²) in [5.41, 5.74) is 0.341. The Morgan fingerprint density at radius 2 is 2.06 bits per heavy atom. The highest BCUT2D eigenvalue weighted by Gasteiger charge is 2.19. The minimum atomic E-state index is -0.128. The second kappa shape index (κ2) is 7.89. The van der Waals surface area contributed by atoms with Crippen LogP contribution in [0.5, 0.6) is 5.75 Å². The van der Waals surface area contributed by atoms with Crippen LogP contribution >= 0.6 is 35.0 Å². The van der Waals surface area contributed by atoms with Gasteiger partial charge in [0.15, 0.2) is 5.75 Å². The molecule has 0 aliphatic carbocycles. The van der Waals surface area contributed by atoms with Crippen molar-refractivity contribution in [1.29, 1.82) is 0 Å². The molecule has 1 aromatic carbocycles. The van der Waals surface area contributed by atoms with Crippen molar-refractivity contribution in [2.45, 2.75) is 6.92 Å². The number of hydrogen-bond acceptors (Lipinski definition) is 4. The number of hydrogen-bond donors (Lipinski definition) is 1. The summed E-state index contributed by atoms with van der Waals surface area (Å²) in [7, 11) is 1.47. The van der Waals surface area contributed by atoms with Gasteiger partial charge in [-0.2, -0.15) is 0 Å². The molecule has 1 rings (SSSR count). The molecular formula is C12H15Cl2NO2S. The van der Waals surface area contributed by atoms with Crippen molar-refractivity contribution in [3.05, 3.63) is 27.7 Å². The lowest BCUT2D eigenvalue weighted by molar-refractivity contribution is 0.108. The van der Waals surface area contributed by atoms with Gasteiger partial charge in [-0.25, -0.2) is 0 Å². The Balaban J connectivity index is 2.81. The predicted octanol–water partition coefficient (Wildman–Crippen LogP) is 3.48. The highest BCUT2D eigenvalue weighted by Crippen LogP contribution is 2.36. The smallest absolute Gasteiger partial charge is 0.224 e. The summed E-state index contributed by atoms with van der Waals surface area (Å²) in [6.45, 7) is 3.67. The zero-order chi connectivity index (χ0) is 13.5. The average molecular weight is 308 g/mol. The van der Waals surface area contributed by atoms with E-state index in [-0.39, 0.29) is 5.12 Å². The number of methoxy groups -OCH3 is 1. The van der Waals surface area contributed by atoms with E-state index < -0.39 is 0 Å². The van der Waals surface area contributed by atoms with Crippen LogP contribution in [0, 0.1) is 0 Å². The predicted molar refractivity (Wildman–Crippen MR) is 78.3 cm³/mol. The first-order valence-corrected chi connectivity index (χ1v) is 7.25. The van der Waals surface area contributed by atoms with Crippen LogP contribution in [0.3, 0.4) is 0 Å². The molecule has 0 unspecified atom stereocenters. The third-order valence-corrected chi connectivity index (χ3v) is 3.72. The number of rotatable bonds is 6. The van der Waals surface area contributed by atoms with Gasteiger partial charge in [0.25, 0.3) is 0 Å². The van der Waals surface area contributed by atoms with Crippen molar-refractivity contribution in [2.24, 2.45) is 0 Å². The fourth-order valence-corrected chi connectivity index (χ4v) is 2.69. The Bertz CT molecular complexity index is 427. The molecule has 6 heteroatoms. The van der Waals surface area contributed by atoms with Gasteiger partial charge in [0.1, 0.15) is 0 Å². The van der Waals surface area contributed by atoms with Crippen LogP contribution in [-0.4, -0.2) is 31.1 Å². The Kier molecular flexibility index (Phi) is 6.86. The highest BCUT2D eigenvalue weighted by atomic mass is 35.5. The standard InChI is InChI=1S/C12H15Cl2NO2S/c1-3-15-6-7-18-12(16)10-8(13)4-5-9(14)11(10)17-2/h4-5,15H,3,6-7H2,1-2H3. The fraction of sp³-hybridized carbons (Fsp3) is 0.417. The number of halogens is 2. The molecule has 0 saturated carbocycles. The summed E-state index contributed by atoms with van der Waals surface area (Å²) in [6, 6.07) is 3.22. The topological polar surface area (TPSA) is 38.3 Å². The lowest BCUT2D eigenvalue weighted by Crippen LogP contribution is -2.16. The maximum atomic E-state index is 12.1. The Morgan fingerprint density at radius 1 is 1.39 bits per heavy atom. The van der Waals surface area contributed by atoms with E-state index in [0.29, 0.717) is 27.1 Å². The molecule has 0 aliphatic heterocycles. The Hall–Kier alpha value is -0.420. The quantitative estimate of drug-likeness (QED) is 0.817. The summed E-state index contributed by atoms with van der Waals surface area (Å²) in [6.07, 6.45) is 0. The minimum Gasteiger partial charge on any atom is -0.494 e. The summed E-state index contributed by atoms with van der Waals surface area (Å²) in [5, 5.41) is 3.76. The van der Waals surface area contributed by atoms with E-state index in [4.69, 9.17) is 27.9 Å². The molecule has 0 saturated heterocycles. The molecule has 0 fully saturated rings. The van der Waals surface area contributed by atoms with Crippen LogP contribution in [0.15, 0.2) is 12.1 Å². The SMILES string of the molecule is CCNCCSC(=O)c1c(Cl)ccc(Cl)c1OC. The van der Waals surface area contributed by atoms with Gasteiger partial charge in [0.2, 0.25) is 5.12 Å². The highest BCUT2D eigenvalue weighted by molar-refractivity contribution is 8.14. The van der Waals surface area contributed by atoms with Crippen LogP contribution < -0.4 is 10.1 Å².